The molecule has 1 aromatic carbocycles. The second-order valence-electron chi connectivity index (χ2n) is 4.47. The number of ether oxygens (including phenoxy) is 1. The van der Waals surface area contributed by atoms with Crippen LogP contribution in [0.3, 0.4) is 0 Å². The Morgan fingerprint density at radius 1 is 1.25 bits per heavy atom. The van der Waals surface area contributed by atoms with Crippen molar-refractivity contribution in [1.82, 2.24) is 0 Å². The summed E-state index contributed by atoms with van der Waals surface area (Å²) < 4.78 is 42.6. The van der Waals surface area contributed by atoms with Crippen molar-refractivity contribution >= 4 is 11.6 Å². The molecule has 0 aliphatic carbocycles. The molecule has 0 fully saturated rings. The van der Waals surface area contributed by atoms with Crippen molar-refractivity contribution in [2.24, 2.45) is 0 Å². The molecule has 3 nitrogen and oxygen atoms in total. The van der Waals surface area contributed by atoms with E-state index in [0.29, 0.717) is 12.3 Å². The maximum Gasteiger partial charge on any atom is 0.416 e. The van der Waals surface area contributed by atoms with Gasteiger partial charge in [-0.05, 0) is 43.2 Å². The minimum Gasteiger partial charge on any atom is -0.488 e. The number of hydrogen-bond donors (Lipinski definition) is 0. The van der Waals surface area contributed by atoms with Gasteiger partial charge in [-0.3, -0.25) is 4.79 Å². The molecule has 20 heavy (non-hydrogen) atoms. The van der Waals surface area contributed by atoms with Crippen LogP contribution in [-0.2, 0) is 15.7 Å². The topological polar surface area (TPSA) is 29.5 Å². The normalized spacial score (nSPS) is 15.3. The fourth-order valence-corrected chi connectivity index (χ4v) is 1.86. The number of amides is 1. The molecule has 1 heterocycles. The molecule has 1 aromatic rings. The Bertz CT molecular complexity index is 520. The molecule has 0 N–H and O–H groups in total. The van der Waals surface area contributed by atoms with Gasteiger partial charge in [-0.25, -0.2) is 0 Å². The summed E-state index contributed by atoms with van der Waals surface area (Å²) in [7, 11) is 1.50. The first-order valence-electron chi connectivity index (χ1n) is 6.18. The second-order valence-corrected chi connectivity index (χ2v) is 4.47. The van der Waals surface area contributed by atoms with E-state index in [-0.39, 0.29) is 11.7 Å². The highest BCUT2D eigenvalue weighted by Gasteiger charge is 2.30. The molecule has 108 valence electrons. The van der Waals surface area contributed by atoms with E-state index < -0.39 is 11.7 Å². The first kappa shape index (κ1) is 14.4. The van der Waals surface area contributed by atoms with Gasteiger partial charge in [-0.1, -0.05) is 0 Å². The third-order valence-electron chi connectivity index (χ3n) is 3.03. The smallest absolute Gasteiger partial charge is 0.416 e. The first-order valence-corrected chi connectivity index (χ1v) is 6.18. The molecular formula is C14H14F3NO2. The Hall–Kier alpha value is -1.98. The second kappa shape index (κ2) is 5.56. The summed E-state index contributed by atoms with van der Waals surface area (Å²) in [6.07, 6.45) is -1.05. The number of rotatable bonds is 2. The number of allylic oxidation sites excluding steroid dienone is 1. The lowest BCUT2D eigenvalue weighted by atomic mass is 10.2. The minimum absolute atomic E-state index is 0.249. The standard InChI is InChI=1S/C14H14F3NO2/c1-18(13(19)12-4-2-3-9-20-12)11-7-5-10(6-8-11)14(15,16)17/h4-8H,2-3,9H2,1H3. The highest BCUT2D eigenvalue weighted by molar-refractivity contribution is 6.03. The molecule has 0 unspecified atom stereocenters. The highest BCUT2D eigenvalue weighted by Crippen LogP contribution is 2.30. The van der Waals surface area contributed by atoms with Crippen molar-refractivity contribution in [2.45, 2.75) is 19.0 Å². The summed E-state index contributed by atoms with van der Waals surface area (Å²) in [5.41, 5.74) is -0.353. The molecule has 1 amide bonds. The lowest BCUT2D eigenvalue weighted by Crippen LogP contribution is -2.29. The molecule has 0 bridgehead atoms. The maximum absolute atomic E-state index is 12.5. The van der Waals surface area contributed by atoms with Crippen molar-refractivity contribution in [2.75, 3.05) is 18.6 Å². The van der Waals surface area contributed by atoms with E-state index in [0.717, 1.165) is 25.0 Å². The molecule has 2 rings (SSSR count). The predicted molar refractivity (Wildman–Crippen MR) is 68.1 cm³/mol. The Morgan fingerprint density at radius 3 is 2.40 bits per heavy atom. The number of carbonyl (C=O) groups is 1. The molecule has 6 heteroatoms. The summed E-state index contributed by atoms with van der Waals surface area (Å²) in [6.45, 7) is 0.485. The summed E-state index contributed by atoms with van der Waals surface area (Å²) in [5, 5.41) is 0. The van der Waals surface area contributed by atoms with Gasteiger partial charge in [-0.2, -0.15) is 13.2 Å². The summed E-state index contributed by atoms with van der Waals surface area (Å²) in [5.74, 6) is -0.108. The largest absolute Gasteiger partial charge is 0.488 e. The molecule has 0 saturated carbocycles. The molecular weight excluding hydrogens is 271 g/mol. The number of halogens is 3. The van der Waals surface area contributed by atoms with E-state index in [1.807, 2.05) is 0 Å². The van der Waals surface area contributed by atoms with Crippen molar-refractivity contribution in [3.05, 3.63) is 41.7 Å². The van der Waals surface area contributed by atoms with Crippen molar-refractivity contribution in [3.63, 3.8) is 0 Å². The Kier molecular flexibility index (Phi) is 4.01. The average Bonchev–Trinajstić information content (AvgIpc) is 2.46. The minimum atomic E-state index is -4.38. The molecule has 0 spiro atoms. The number of likely N-dealkylation sites (N-methyl/N-ethyl adjacent to an activating group) is 1. The predicted octanol–water partition coefficient (Wildman–Crippen LogP) is 3.36. The van der Waals surface area contributed by atoms with Gasteiger partial charge >= 0.3 is 6.18 Å². The van der Waals surface area contributed by atoms with E-state index in [1.165, 1.54) is 24.1 Å². The van der Waals surface area contributed by atoms with E-state index in [2.05, 4.69) is 0 Å². The number of anilines is 1. The average molecular weight is 285 g/mol. The molecule has 0 atom stereocenters. The first-order chi connectivity index (χ1) is 9.39. The zero-order chi connectivity index (χ0) is 14.8. The maximum atomic E-state index is 12.5. The molecule has 1 aliphatic rings. The molecule has 1 aliphatic heterocycles. The van der Waals surface area contributed by atoms with Crippen LogP contribution in [0, 0.1) is 0 Å². The molecule has 0 radical (unpaired) electrons. The van der Waals surface area contributed by atoms with E-state index in [4.69, 9.17) is 4.74 Å². The SMILES string of the molecule is CN(C(=O)C1=CCCCO1)c1ccc(C(F)(F)F)cc1. The van der Waals surface area contributed by atoms with Gasteiger partial charge in [0.2, 0.25) is 0 Å². The number of benzene rings is 1. The zero-order valence-electron chi connectivity index (χ0n) is 10.9. The monoisotopic (exact) mass is 285 g/mol. The van der Waals surface area contributed by atoms with Gasteiger partial charge < -0.3 is 9.64 Å². The van der Waals surface area contributed by atoms with Crippen molar-refractivity contribution in [1.29, 1.82) is 0 Å². The lowest BCUT2D eigenvalue weighted by Gasteiger charge is -2.21. The van der Waals surface area contributed by atoms with Gasteiger partial charge in [0, 0.05) is 12.7 Å². The van der Waals surface area contributed by atoms with E-state index >= 15 is 0 Å². The van der Waals surface area contributed by atoms with Crippen LogP contribution < -0.4 is 4.90 Å². The van der Waals surface area contributed by atoms with Crippen LogP contribution in [0.25, 0.3) is 0 Å². The highest BCUT2D eigenvalue weighted by atomic mass is 19.4. The van der Waals surface area contributed by atoms with Crippen LogP contribution in [0.1, 0.15) is 18.4 Å². The van der Waals surface area contributed by atoms with E-state index in [9.17, 15) is 18.0 Å². The van der Waals surface area contributed by atoms with Gasteiger partial charge in [0.15, 0.2) is 5.76 Å². The third-order valence-corrected chi connectivity index (χ3v) is 3.03. The summed E-state index contributed by atoms with van der Waals surface area (Å²) in [4.78, 5) is 13.4. The number of alkyl halides is 3. The summed E-state index contributed by atoms with van der Waals surface area (Å²) in [6, 6.07) is 4.44. The Morgan fingerprint density at radius 2 is 1.90 bits per heavy atom. The van der Waals surface area contributed by atoms with Crippen LogP contribution in [0.5, 0.6) is 0 Å². The van der Waals surface area contributed by atoms with Gasteiger partial charge in [-0.15, -0.1) is 0 Å². The Balaban J connectivity index is 2.14. The molecule has 0 saturated heterocycles. The van der Waals surface area contributed by atoms with Gasteiger partial charge in [0.1, 0.15) is 0 Å². The van der Waals surface area contributed by atoms with Crippen LogP contribution in [0.15, 0.2) is 36.1 Å². The van der Waals surface area contributed by atoms with Crippen LogP contribution in [0.4, 0.5) is 18.9 Å². The van der Waals surface area contributed by atoms with E-state index in [1.54, 1.807) is 6.08 Å². The van der Waals surface area contributed by atoms with Crippen LogP contribution in [-0.4, -0.2) is 19.6 Å². The van der Waals surface area contributed by atoms with Crippen LogP contribution >= 0.6 is 0 Å². The van der Waals surface area contributed by atoms with Gasteiger partial charge in [0.25, 0.3) is 5.91 Å². The van der Waals surface area contributed by atoms with Crippen molar-refractivity contribution < 1.29 is 22.7 Å². The van der Waals surface area contributed by atoms with Crippen molar-refractivity contribution in [3.8, 4) is 0 Å². The zero-order valence-corrected chi connectivity index (χ0v) is 10.9. The third kappa shape index (κ3) is 3.12. The lowest BCUT2D eigenvalue weighted by molar-refractivity contribution is -0.137. The molecule has 0 aromatic heterocycles. The fraction of sp³-hybridized carbons (Fsp3) is 0.357. The number of hydrogen-bond acceptors (Lipinski definition) is 2. The van der Waals surface area contributed by atoms with Crippen LogP contribution in [0.2, 0.25) is 0 Å². The quantitative estimate of drug-likeness (QED) is 0.834. The number of carbonyl (C=O) groups excluding carboxylic acids is 1. The fourth-order valence-electron chi connectivity index (χ4n) is 1.86. The van der Waals surface area contributed by atoms with Gasteiger partial charge in [0.05, 0.1) is 12.2 Å². The summed E-state index contributed by atoms with van der Waals surface area (Å²) >= 11 is 0. The number of nitrogens with zero attached hydrogens (tertiary/aromatic N) is 1. The Labute approximate surface area is 114 Å².